The molecule has 6 nitrogen and oxygen atoms in total. The number of carbonyl (C=O) groups excluding carboxylic acids is 1. The minimum absolute atomic E-state index is 0.00141. The lowest BCUT2D eigenvalue weighted by Crippen LogP contribution is -2.81. The quantitative estimate of drug-likeness (QED) is 0.210. The zero-order valence-electron chi connectivity index (χ0n) is 20.8. The van der Waals surface area contributed by atoms with Crippen LogP contribution in [-0.4, -0.2) is 30.3 Å². The number of hydrogen-bond donors (Lipinski definition) is 2. The Morgan fingerprint density at radius 3 is 1.61 bits per heavy atom. The molecule has 1 amide bonds. The number of unbranched alkanes of at least 4 members (excludes halogenated alkanes) is 12. The number of quaternary nitrogens is 1. The van der Waals surface area contributed by atoms with E-state index in [9.17, 15) is 17.8 Å². The summed E-state index contributed by atoms with van der Waals surface area (Å²) >= 11 is 0. The van der Waals surface area contributed by atoms with Crippen molar-refractivity contribution in [1.29, 1.82) is 0 Å². The first kappa shape index (κ1) is 30.3. The van der Waals surface area contributed by atoms with E-state index in [-0.39, 0.29) is 12.3 Å². The fourth-order valence-corrected chi connectivity index (χ4v) is 5.01. The smallest absolute Gasteiger partial charge is 0.219 e. The molecule has 0 rings (SSSR count). The van der Waals surface area contributed by atoms with Gasteiger partial charge in [0.1, 0.15) is 0 Å². The van der Waals surface area contributed by atoms with Gasteiger partial charge in [0, 0.05) is 24.8 Å². The Balaban J connectivity index is 3.69. The number of carbonyl (C=O) groups is 1. The highest BCUT2D eigenvalue weighted by molar-refractivity contribution is 7.86. The third-order valence-electron chi connectivity index (χ3n) is 6.43. The molecule has 0 aromatic heterocycles. The van der Waals surface area contributed by atoms with Gasteiger partial charge in [-0.2, -0.15) is 0 Å². The molecule has 0 aliphatic rings. The molecule has 0 saturated carbocycles. The van der Waals surface area contributed by atoms with Gasteiger partial charge < -0.3 is 15.6 Å². The van der Waals surface area contributed by atoms with Crippen LogP contribution in [0.2, 0.25) is 0 Å². The number of hydrogen-bond acceptors (Lipinski definition) is 4. The lowest BCUT2D eigenvalue weighted by Gasteiger charge is -2.39. The summed E-state index contributed by atoms with van der Waals surface area (Å²) in [5.41, 5.74) is 2.97. The van der Waals surface area contributed by atoms with E-state index in [2.05, 4.69) is 18.0 Å². The normalized spacial score (nSPS) is 14.4. The van der Waals surface area contributed by atoms with Crippen LogP contribution in [0.1, 0.15) is 130 Å². The lowest BCUT2D eigenvalue weighted by molar-refractivity contribution is -0.470. The first-order chi connectivity index (χ1) is 14.5. The standard InChI is InChI=1S/C24H50N2O4S/c1-5-6-7-8-9-10-11-12-13-14-15-16-17-19-22(27)26-21-18-20-24(25,23(2,3)4)31(28,29)30/h5-21,25H2,1-4H3,(H,26,27)(H,28,29,30). The van der Waals surface area contributed by atoms with Gasteiger partial charge in [0.15, 0.2) is 15.0 Å². The Morgan fingerprint density at radius 2 is 1.23 bits per heavy atom. The molecular weight excluding hydrogens is 412 g/mol. The van der Waals surface area contributed by atoms with Crippen molar-refractivity contribution in [1.82, 2.24) is 5.32 Å². The zero-order chi connectivity index (χ0) is 23.8. The molecule has 0 aromatic carbocycles. The summed E-state index contributed by atoms with van der Waals surface area (Å²) in [6.45, 7) is 7.76. The van der Waals surface area contributed by atoms with E-state index in [4.69, 9.17) is 0 Å². The molecule has 0 spiro atoms. The SMILES string of the molecule is CCCCCCCCCCCCCCCC(=O)NCCCC([NH3+])(C(C)(C)C)S(=O)(=O)[O-]. The molecular formula is C24H50N2O4S. The van der Waals surface area contributed by atoms with E-state index >= 15 is 0 Å². The van der Waals surface area contributed by atoms with E-state index < -0.39 is 20.4 Å². The maximum absolute atomic E-state index is 12.0. The summed E-state index contributed by atoms with van der Waals surface area (Å²) in [6, 6.07) is 0. The van der Waals surface area contributed by atoms with Gasteiger partial charge in [-0.1, -0.05) is 105 Å². The Morgan fingerprint density at radius 1 is 0.806 bits per heavy atom. The van der Waals surface area contributed by atoms with Gasteiger partial charge in [-0.15, -0.1) is 0 Å². The van der Waals surface area contributed by atoms with Crippen LogP contribution in [0.15, 0.2) is 0 Å². The molecule has 31 heavy (non-hydrogen) atoms. The Bertz CT molecular complexity index is 573. The Kier molecular flexibility index (Phi) is 15.7. The van der Waals surface area contributed by atoms with E-state index in [0.29, 0.717) is 19.4 Å². The average Bonchev–Trinajstić information content (AvgIpc) is 2.66. The molecule has 1 unspecified atom stereocenters. The maximum atomic E-state index is 12.0. The van der Waals surface area contributed by atoms with Crippen molar-refractivity contribution in [3.8, 4) is 0 Å². The molecule has 0 aromatic rings. The van der Waals surface area contributed by atoms with Crippen LogP contribution in [0.4, 0.5) is 0 Å². The molecule has 0 bridgehead atoms. The van der Waals surface area contributed by atoms with Crippen LogP contribution in [0.3, 0.4) is 0 Å². The fraction of sp³-hybridized carbons (Fsp3) is 0.958. The van der Waals surface area contributed by atoms with Crippen LogP contribution >= 0.6 is 0 Å². The molecule has 0 heterocycles. The molecule has 186 valence electrons. The van der Waals surface area contributed by atoms with Crippen molar-refractivity contribution in [3.05, 3.63) is 0 Å². The molecule has 0 aliphatic carbocycles. The van der Waals surface area contributed by atoms with E-state index in [1.807, 2.05) is 0 Å². The van der Waals surface area contributed by atoms with Crippen molar-refractivity contribution in [2.45, 2.75) is 135 Å². The van der Waals surface area contributed by atoms with Crippen LogP contribution in [0.25, 0.3) is 0 Å². The molecule has 0 radical (unpaired) electrons. The second-order valence-electron chi connectivity index (χ2n) is 10.1. The Hall–Kier alpha value is -0.660. The van der Waals surface area contributed by atoms with Crippen molar-refractivity contribution < 1.29 is 23.5 Å². The first-order valence-corrected chi connectivity index (χ1v) is 13.9. The van der Waals surface area contributed by atoms with Crippen molar-refractivity contribution >= 4 is 16.0 Å². The summed E-state index contributed by atoms with van der Waals surface area (Å²) in [5.74, 6) is -0.00141. The van der Waals surface area contributed by atoms with Crippen LogP contribution in [-0.2, 0) is 14.9 Å². The van der Waals surface area contributed by atoms with E-state index in [1.54, 1.807) is 20.8 Å². The van der Waals surface area contributed by atoms with Crippen molar-refractivity contribution in [3.63, 3.8) is 0 Å². The molecule has 4 N–H and O–H groups in total. The van der Waals surface area contributed by atoms with Gasteiger partial charge in [0.05, 0.1) is 0 Å². The molecule has 7 heteroatoms. The van der Waals surface area contributed by atoms with Gasteiger partial charge in [0.25, 0.3) is 0 Å². The summed E-state index contributed by atoms with van der Waals surface area (Å²) in [6.07, 6.45) is 17.7. The highest BCUT2D eigenvalue weighted by Gasteiger charge is 2.48. The number of nitrogens with one attached hydrogen (secondary N) is 1. The summed E-state index contributed by atoms with van der Waals surface area (Å²) in [7, 11) is -4.53. The zero-order valence-corrected chi connectivity index (χ0v) is 21.6. The van der Waals surface area contributed by atoms with Crippen LogP contribution in [0.5, 0.6) is 0 Å². The summed E-state index contributed by atoms with van der Waals surface area (Å²) in [4.78, 5) is 10.4. The third kappa shape index (κ3) is 13.5. The highest BCUT2D eigenvalue weighted by atomic mass is 32.2. The average molecular weight is 463 g/mol. The van der Waals surface area contributed by atoms with Crippen LogP contribution < -0.4 is 11.1 Å². The lowest BCUT2D eigenvalue weighted by atomic mass is 9.84. The second kappa shape index (κ2) is 16.0. The number of rotatable bonds is 19. The summed E-state index contributed by atoms with van der Waals surface area (Å²) < 4.78 is 35.0. The van der Waals surface area contributed by atoms with E-state index in [1.165, 1.54) is 70.6 Å². The van der Waals surface area contributed by atoms with Crippen molar-refractivity contribution in [2.24, 2.45) is 5.41 Å². The monoisotopic (exact) mass is 462 g/mol. The predicted molar refractivity (Wildman–Crippen MR) is 127 cm³/mol. The maximum Gasteiger partial charge on any atom is 0.219 e. The van der Waals surface area contributed by atoms with Gasteiger partial charge in [-0.3, -0.25) is 4.79 Å². The Labute approximate surface area is 192 Å². The molecule has 0 fully saturated rings. The largest absolute Gasteiger partial charge is 0.743 e. The molecule has 1 atom stereocenters. The minimum atomic E-state index is -4.53. The number of amides is 1. The van der Waals surface area contributed by atoms with Gasteiger partial charge in [-0.05, 0) is 12.8 Å². The van der Waals surface area contributed by atoms with Gasteiger partial charge >= 0.3 is 0 Å². The molecule has 0 saturated heterocycles. The van der Waals surface area contributed by atoms with Gasteiger partial charge in [0.2, 0.25) is 5.91 Å². The highest BCUT2D eigenvalue weighted by Crippen LogP contribution is 2.34. The molecule has 0 aliphatic heterocycles. The second-order valence-corrected chi connectivity index (χ2v) is 11.8. The minimum Gasteiger partial charge on any atom is -0.743 e. The van der Waals surface area contributed by atoms with Crippen LogP contribution in [0, 0.1) is 5.41 Å². The topological polar surface area (TPSA) is 114 Å². The van der Waals surface area contributed by atoms with Crippen molar-refractivity contribution in [2.75, 3.05) is 6.54 Å². The van der Waals surface area contributed by atoms with Gasteiger partial charge in [-0.25, -0.2) is 8.42 Å². The van der Waals surface area contributed by atoms with E-state index in [0.717, 1.165) is 12.8 Å². The third-order valence-corrected chi connectivity index (χ3v) is 8.21. The summed E-state index contributed by atoms with van der Waals surface area (Å²) in [5, 5.41) is 2.84. The first-order valence-electron chi connectivity index (χ1n) is 12.5. The fourth-order valence-electron chi connectivity index (χ4n) is 3.87. The predicted octanol–water partition coefficient (Wildman–Crippen LogP) is 4.89.